The van der Waals surface area contributed by atoms with E-state index in [2.05, 4.69) is 4.74 Å². The van der Waals surface area contributed by atoms with Crippen molar-refractivity contribution in [3.63, 3.8) is 0 Å². The fourth-order valence-corrected chi connectivity index (χ4v) is 3.11. The summed E-state index contributed by atoms with van der Waals surface area (Å²) in [6.45, 7) is 5.50. The monoisotopic (exact) mass is 363 g/mol. The first kappa shape index (κ1) is 19.1. The highest BCUT2D eigenvalue weighted by Crippen LogP contribution is 2.34. The third-order valence-electron chi connectivity index (χ3n) is 3.84. The molecular formula is C18H21NO5S. The van der Waals surface area contributed by atoms with Gasteiger partial charge < -0.3 is 9.47 Å². The molecule has 0 N–H and O–H groups in total. The number of hydrogen-bond donors (Lipinski definition) is 0. The smallest absolute Gasteiger partial charge is 0.328 e. The van der Waals surface area contributed by atoms with E-state index in [1.54, 1.807) is 6.08 Å². The standard InChI is InChI=1S/C18H21NO5S/c1-5-11(2)24-14-8-6-13(7-9-14)10-15-16(20)19(18(22)25-15)12(3)17(21)23-4/h6-12H,5H2,1-4H3/b15-10+/t11-,12+/m0/s1. The number of carbonyl (C=O) groups excluding carboxylic acids is 3. The molecule has 0 unspecified atom stereocenters. The van der Waals surface area contributed by atoms with Gasteiger partial charge in [0.15, 0.2) is 0 Å². The maximum absolute atomic E-state index is 12.4. The van der Waals surface area contributed by atoms with Gasteiger partial charge in [0.2, 0.25) is 0 Å². The molecule has 2 amide bonds. The summed E-state index contributed by atoms with van der Waals surface area (Å²) in [4.78, 5) is 37.3. The van der Waals surface area contributed by atoms with Gasteiger partial charge in [-0.1, -0.05) is 19.1 Å². The molecule has 6 nitrogen and oxygen atoms in total. The van der Waals surface area contributed by atoms with Gasteiger partial charge >= 0.3 is 5.97 Å². The number of ether oxygens (including phenoxy) is 2. The Hall–Kier alpha value is -2.28. The second-order valence-corrected chi connectivity index (χ2v) is 6.65. The van der Waals surface area contributed by atoms with E-state index in [1.165, 1.54) is 14.0 Å². The Balaban J connectivity index is 2.15. The van der Waals surface area contributed by atoms with Gasteiger partial charge in [0, 0.05) is 0 Å². The van der Waals surface area contributed by atoms with Gasteiger partial charge in [-0.05, 0) is 55.8 Å². The number of amides is 2. The molecule has 1 fully saturated rings. The molecule has 1 aromatic rings. The Morgan fingerprint density at radius 1 is 1.24 bits per heavy atom. The van der Waals surface area contributed by atoms with Crippen molar-refractivity contribution in [1.82, 2.24) is 4.90 Å². The first-order chi connectivity index (χ1) is 11.9. The lowest BCUT2D eigenvalue weighted by Crippen LogP contribution is -2.42. The topological polar surface area (TPSA) is 72.9 Å². The van der Waals surface area contributed by atoms with Gasteiger partial charge in [0.25, 0.3) is 11.1 Å². The number of nitrogens with zero attached hydrogens (tertiary/aromatic N) is 1. The molecule has 0 saturated carbocycles. The second-order valence-electron chi connectivity index (χ2n) is 5.66. The molecule has 0 aromatic heterocycles. The van der Waals surface area contributed by atoms with Crippen molar-refractivity contribution in [2.24, 2.45) is 0 Å². The van der Waals surface area contributed by atoms with Crippen LogP contribution in [0.15, 0.2) is 29.2 Å². The summed E-state index contributed by atoms with van der Waals surface area (Å²) in [7, 11) is 1.22. The molecule has 0 bridgehead atoms. The molecule has 134 valence electrons. The van der Waals surface area contributed by atoms with Crippen LogP contribution in [0.3, 0.4) is 0 Å². The summed E-state index contributed by atoms with van der Waals surface area (Å²) in [6, 6.07) is 6.32. The van der Waals surface area contributed by atoms with Crippen LogP contribution in [0.5, 0.6) is 5.75 Å². The van der Waals surface area contributed by atoms with E-state index in [1.807, 2.05) is 38.1 Å². The van der Waals surface area contributed by atoms with Gasteiger partial charge in [0.05, 0.1) is 18.1 Å². The number of rotatable bonds is 6. The van der Waals surface area contributed by atoms with Gasteiger partial charge in [-0.3, -0.25) is 14.5 Å². The average molecular weight is 363 g/mol. The van der Waals surface area contributed by atoms with Gasteiger partial charge in [-0.2, -0.15) is 0 Å². The zero-order chi connectivity index (χ0) is 18.6. The molecule has 2 rings (SSSR count). The minimum Gasteiger partial charge on any atom is -0.491 e. The molecule has 1 saturated heterocycles. The van der Waals surface area contributed by atoms with E-state index in [0.29, 0.717) is 0 Å². The van der Waals surface area contributed by atoms with Crippen molar-refractivity contribution >= 4 is 35.0 Å². The van der Waals surface area contributed by atoms with Crippen LogP contribution in [0.25, 0.3) is 6.08 Å². The van der Waals surface area contributed by atoms with Crippen LogP contribution in [0.2, 0.25) is 0 Å². The average Bonchev–Trinajstić information content (AvgIpc) is 2.88. The minimum atomic E-state index is -0.949. The zero-order valence-corrected chi connectivity index (χ0v) is 15.5. The lowest BCUT2D eigenvalue weighted by atomic mass is 10.2. The molecule has 1 aliphatic rings. The molecule has 1 heterocycles. The van der Waals surface area contributed by atoms with Gasteiger partial charge in [-0.25, -0.2) is 4.79 Å². The largest absolute Gasteiger partial charge is 0.491 e. The predicted octanol–water partition coefficient (Wildman–Crippen LogP) is 3.46. The highest BCUT2D eigenvalue weighted by Gasteiger charge is 2.41. The van der Waals surface area contributed by atoms with Crippen LogP contribution >= 0.6 is 11.8 Å². The fraction of sp³-hybridized carbons (Fsp3) is 0.389. The Labute approximate surface area is 151 Å². The summed E-state index contributed by atoms with van der Waals surface area (Å²) in [5, 5.41) is -0.481. The third kappa shape index (κ3) is 4.42. The molecule has 2 atom stereocenters. The summed E-state index contributed by atoms with van der Waals surface area (Å²) < 4.78 is 10.3. The SMILES string of the molecule is CC[C@H](C)Oc1ccc(/C=C2/SC(=O)N([C@H](C)C(=O)OC)C2=O)cc1. The molecule has 0 spiro atoms. The van der Waals surface area contributed by atoms with E-state index in [4.69, 9.17) is 4.74 Å². The van der Waals surface area contributed by atoms with Crippen LogP contribution in [0.4, 0.5) is 4.79 Å². The van der Waals surface area contributed by atoms with Gasteiger partial charge in [0.1, 0.15) is 11.8 Å². The molecule has 1 aromatic carbocycles. The van der Waals surface area contributed by atoms with Crippen molar-refractivity contribution in [2.75, 3.05) is 7.11 Å². The van der Waals surface area contributed by atoms with Crippen molar-refractivity contribution in [3.8, 4) is 5.75 Å². The predicted molar refractivity (Wildman–Crippen MR) is 96.1 cm³/mol. The van der Waals surface area contributed by atoms with Crippen molar-refractivity contribution in [1.29, 1.82) is 0 Å². The first-order valence-corrected chi connectivity index (χ1v) is 8.80. The lowest BCUT2D eigenvalue weighted by molar-refractivity contribution is -0.148. The third-order valence-corrected chi connectivity index (χ3v) is 4.73. The number of benzene rings is 1. The van der Waals surface area contributed by atoms with E-state index in [-0.39, 0.29) is 11.0 Å². The minimum absolute atomic E-state index is 0.127. The zero-order valence-electron chi connectivity index (χ0n) is 14.6. The van der Waals surface area contributed by atoms with Gasteiger partial charge in [-0.15, -0.1) is 0 Å². The maximum atomic E-state index is 12.4. The number of carbonyl (C=O) groups is 3. The molecule has 1 aliphatic heterocycles. The Kier molecular flexibility index (Phi) is 6.25. The molecule has 0 aliphatic carbocycles. The maximum Gasteiger partial charge on any atom is 0.328 e. The van der Waals surface area contributed by atoms with E-state index >= 15 is 0 Å². The van der Waals surface area contributed by atoms with Crippen LogP contribution in [-0.2, 0) is 14.3 Å². The Morgan fingerprint density at radius 3 is 2.44 bits per heavy atom. The van der Waals surface area contributed by atoms with Crippen LogP contribution < -0.4 is 4.74 Å². The Morgan fingerprint density at radius 2 is 1.88 bits per heavy atom. The molecular weight excluding hydrogens is 342 g/mol. The lowest BCUT2D eigenvalue weighted by Gasteiger charge is -2.18. The summed E-state index contributed by atoms with van der Waals surface area (Å²) >= 11 is 0.811. The molecule has 0 radical (unpaired) electrons. The fourth-order valence-electron chi connectivity index (χ4n) is 2.20. The van der Waals surface area contributed by atoms with Crippen molar-refractivity contribution in [2.45, 2.75) is 39.3 Å². The normalized spacial score (nSPS) is 18.4. The quantitative estimate of drug-likeness (QED) is 0.569. The van der Waals surface area contributed by atoms with Crippen LogP contribution in [-0.4, -0.2) is 41.3 Å². The molecule has 7 heteroatoms. The van der Waals surface area contributed by atoms with E-state index in [9.17, 15) is 14.4 Å². The van der Waals surface area contributed by atoms with Crippen molar-refractivity contribution < 1.29 is 23.9 Å². The second kappa shape index (κ2) is 8.20. The number of imide groups is 1. The number of esters is 1. The molecule has 25 heavy (non-hydrogen) atoms. The number of thioether (sulfide) groups is 1. The highest BCUT2D eigenvalue weighted by atomic mass is 32.2. The summed E-state index contributed by atoms with van der Waals surface area (Å²) in [5.74, 6) is -0.373. The van der Waals surface area contributed by atoms with E-state index < -0.39 is 23.2 Å². The number of methoxy groups -OCH3 is 1. The first-order valence-electron chi connectivity index (χ1n) is 7.99. The summed E-state index contributed by atoms with van der Waals surface area (Å²) in [5.41, 5.74) is 0.771. The van der Waals surface area contributed by atoms with E-state index in [0.717, 1.165) is 34.4 Å². The Bertz CT molecular complexity index is 698. The summed E-state index contributed by atoms with van der Waals surface area (Å²) in [6.07, 6.45) is 2.66. The highest BCUT2D eigenvalue weighted by molar-refractivity contribution is 8.18. The number of hydrogen-bond acceptors (Lipinski definition) is 6. The van der Waals surface area contributed by atoms with Crippen LogP contribution in [0.1, 0.15) is 32.8 Å². The van der Waals surface area contributed by atoms with Crippen molar-refractivity contribution in [3.05, 3.63) is 34.7 Å². The van der Waals surface area contributed by atoms with Crippen LogP contribution in [0, 0.1) is 0 Å².